The molecule has 0 amide bonds. The van der Waals surface area contributed by atoms with Gasteiger partial charge in [0.15, 0.2) is 0 Å². The highest BCUT2D eigenvalue weighted by Crippen LogP contribution is 2.37. The average Bonchev–Trinajstić information content (AvgIpc) is 2.72. The Morgan fingerprint density at radius 3 is 2.38 bits per heavy atom. The summed E-state index contributed by atoms with van der Waals surface area (Å²) < 4.78 is 16.1. The zero-order valence-corrected chi connectivity index (χ0v) is 16.5. The van der Waals surface area contributed by atoms with Gasteiger partial charge in [-0.1, -0.05) is 47.1 Å². The molecule has 0 saturated carbocycles. The predicted octanol–water partition coefficient (Wildman–Crippen LogP) is 4.70. The first-order valence-corrected chi connectivity index (χ1v) is 9.44. The number of hydrogen-bond acceptors (Lipinski definition) is 4. The Morgan fingerprint density at radius 2 is 1.79 bits per heavy atom. The molecule has 3 rings (SSSR count). The topological polar surface area (TPSA) is 71.7 Å². The first kappa shape index (κ1) is 20.9. The Labute approximate surface area is 172 Å². The lowest BCUT2D eigenvalue weighted by atomic mass is 9.84. The second-order valence-electron chi connectivity index (χ2n) is 6.89. The second kappa shape index (κ2) is 9.11. The average molecular weight is 415 g/mol. The summed E-state index contributed by atoms with van der Waals surface area (Å²) >= 11 is 5.90. The molecule has 1 N–H and O–H groups in total. The number of aliphatic hydroxyl groups excluding tert-OH is 1. The van der Waals surface area contributed by atoms with Crippen LogP contribution in [0.25, 0.3) is 0 Å². The van der Waals surface area contributed by atoms with Crippen molar-refractivity contribution in [2.75, 3.05) is 0 Å². The van der Waals surface area contributed by atoms with E-state index in [1.165, 1.54) is 16.7 Å². The summed E-state index contributed by atoms with van der Waals surface area (Å²) in [5.41, 5.74) is 2.28. The molecular formula is C22H20ClFN2O3. The van der Waals surface area contributed by atoms with Gasteiger partial charge in [0.25, 0.3) is 0 Å². The standard InChI is InChI=1S/C22H20ClFN2O3/c1-26-12-16(6-9-22(26)28)21(25-29)11-19(15-4-2-14(13-27)3-5-15)18-8-7-17(23)10-20(18)24/h2-10,12,19,21,27H,11,13H2,1H3. The van der Waals surface area contributed by atoms with Gasteiger partial charge in [-0.15, -0.1) is 0 Å². The van der Waals surface area contributed by atoms with Gasteiger partial charge in [0.1, 0.15) is 11.9 Å². The predicted molar refractivity (Wildman–Crippen MR) is 110 cm³/mol. The quantitative estimate of drug-likeness (QED) is 0.569. The number of halogens is 2. The number of aryl methyl sites for hydroxylation is 1. The van der Waals surface area contributed by atoms with Crippen molar-refractivity contribution in [2.24, 2.45) is 12.2 Å². The van der Waals surface area contributed by atoms with E-state index in [1.54, 1.807) is 55.7 Å². The van der Waals surface area contributed by atoms with Gasteiger partial charge in [-0.05, 0) is 46.9 Å². The van der Waals surface area contributed by atoms with Crippen molar-refractivity contribution < 1.29 is 9.50 Å². The van der Waals surface area contributed by atoms with E-state index in [4.69, 9.17) is 11.6 Å². The van der Waals surface area contributed by atoms with Crippen molar-refractivity contribution in [2.45, 2.75) is 25.0 Å². The summed E-state index contributed by atoms with van der Waals surface area (Å²) in [6.45, 7) is -0.100. The number of aliphatic hydroxyl groups is 1. The molecule has 29 heavy (non-hydrogen) atoms. The molecule has 0 fully saturated rings. The van der Waals surface area contributed by atoms with Gasteiger partial charge < -0.3 is 9.67 Å². The molecule has 0 radical (unpaired) electrons. The first-order chi connectivity index (χ1) is 13.9. The molecule has 0 bridgehead atoms. The zero-order chi connectivity index (χ0) is 21.0. The van der Waals surface area contributed by atoms with E-state index in [0.717, 1.165) is 11.1 Å². The fourth-order valence-electron chi connectivity index (χ4n) is 3.36. The van der Waals surface area contributed by atoms with Gasteiger partial charge in [0.05, 0.1) is 6.61 Å². The van der Waals surface area contributed by atoms with Gasteiger partial charge in [0, 0.05) is 30.3 Å². The van der Waals surface area contributed by atoms with Gasteiger partial charge in [-0.3, -0.25) is 4.79 Å². The summed E-state index contributed by atoms with van der Waals surface area (Å²) in [5, 5.41) is 12.8. The third-order valence-electron chi connectivity index (χ3n) is 4.98. The molecule has 5 nitrogen and oxygen atoms in total. The third-order valence-corrected chi connectivity index (χ3v) is 5.22. The van der Waals surface area contributed by atoms with E-state index in [-0.39, 0.29) is 23.6 Å². The first-order valence-electron chi connectivity index (χ1n) is 9.06. The molecule has 7 heteroatoms. The molecule has 1 aromatic heterocycles. The molecule has 2 unspecified atom stereocenters. The molecule has 2 aromatic carbocycles. The molecule has 2 atom stereocenters. The normalized spacial score (nSPS) is 13.1. The summed E-state index contributed by atoms with van der Waals surface area (Å²) in [5.74, 6) is -0.946. The Bertz CT molecular complexity index is 1070. The van der Waals surface area contributed by atoms with Crippen molar-refractivity contribution in [1.82, 2.24) is 4.57 Å². The molecule has 0 aliphatic carbocycles. The molecule has 1 heterocycles. The Kier molecular flexibility index (Phi) is 6.56. The molecule has 150 valence electrons. The third kappa shape index (κ3) is 4.78. The number of aromatic nitrogens is 1. The van der Waals surface area contributed by atoms with Crippen LogP contribution in [0.2, 0.25) is 5.02 Å². The maximum Gasteiger partial charge on any atom is 0.250 e. The highest BCUT2D eigenvalue weighted by atomic mass is 35.5. The van der Waals surface area contributed by atoms with Crippen LogP contribution < -0.4 is 5.56 Å². The van der Waals surface area contributed by atoms with Crippen LogP contribution >= 0.6 is 11.6 Å². The lowest BCUT2D eigenvalue weighted by molar-refractivity contribution is 0.282. The number of hydrogen-bond donors (Lipinski definition) is 1. The van der Waals surface area contributed by atoms with E-state index < -0.39 is 17.8 Å². The number of pyridine rings is 1. The van der Waals surface area contributed by atoms with Crippen molar-refractivity contribution in [3.8, 4) is 0 Å². The molecular weight excluding hydrogens is 395 g/mol. The van der Waals surface area contributed by atoms with Crippen LogP contribution in [0.4, 0.5) is 4.39 Å². The van der Waals surface area contributed by atoms with Crippen molar-refractivity contribution in [3.63, 3.8) is 0 Å². The lowest BCUT2D eigenvalue weighted by Gasteiger charge is -2.22. The van der Waals surface area contributed by atoms with Gasteiger partial charge >= 0.3 is 0 Å². The Morgan fingerprint density at radius 1 is 1.10 bits per heavy atom. The maximum absolute atomic E-state index is 14.7. The summed E-state index contributed by atoms with van der Waals surface area (Å²) in [6, 6.07) is 13.7. The van der Waals surface area contributed by atoms with Crippen molar-refractivity contribution in [1.29, 1.82) is 0 Å². The van der Waals surface area contributed by atoms with Gasteiger partial charge in [-0.2, -0.15) is 4.91 Å². The summed E-state index contributed by atoms with van der Waals surface area (Å²) in [6.07, 6.45) is 1.78. The Balaban J connectivity index is 2.04. The monoisotopic (exact) mass is 414 g/mol. The fraction of sp³-hybridized carbons (Fsp3) is 0.227. The van der Waals surface area contributed by atoms with E-state index in [0.29, 0.717) is 11.1 Å². The number of nitroso groups, excluding NO2 is 1. The molecule has 0 aliphatic rings. The van der Waals surface area contributed by atoms with Crippen LogP contribution in [0.1, 0.15) is 40.6 Å². The van der Waals surface area contributed by atoms with Gasteiger partial charge in [0.2, 0.25) is 5.56 Å². The summed E-state index contributed by atoms with van der Waals surface area (Å²) in [4.78, 5) is 23.3. The minimum Gasteiger partial charge on any atom is -0.392 e. The van der Waals surface area contributed by atoms with Crippen LogP contribution in [0.5, 0.6) is 0 Å². The van der Waals surface area contributed by atoms with Crippen LogP contribution in [0.15, 0.2) is 70.8 Å². The van der Waals surface area contributed by atoms with Crippen LogP contribution in [0, 0.1) is 10.7 Å². The number of benzene rings is 2. The van der Waals surface area contributed by atoms with Crippen LogP contribution in [-0.2, 0) is 13.7 Å². The van der Waals surface area contributed by atoms with E-state index in [1.807, 2.05) is 0 Å². The highest BCUT2D eigenvalue weighted by Gasteiger charge is 2.25. The van der Waals surface area contributed by atoms with E-state index in [9.17, 15) is 19.2 Å². The van der Waals surface area contributed by atoms with Crippen LogP contribution in [0.3, 0.4) is 0 Å². The lowest BCUT2D eigenvalue weighted by Crippen LogP contribution is -2.16. The molecule has 0 aliphatic heterocycles. The summed E-state index contributed by atoms with van der Waals surface area (Å²) in [7, 11) is 1.59. The minimum absolute atomic E-state index is 0.100. The van der Waals surface area contributed by atoms with Crippen LogP contribution in [-0.4, -0.2) is 9.67 Å². The van der Waals surface area contributed by atoms with Crippen molar-refractivity contribution >= 4 is 11.6 Å². The molecule has 0 saturated heterocycles. The number of rotatable bonds is 7. The fourth-order valence-corrected chi connectivity index (χ4v) is 3.52. The molecule has 3 aromatic rings. The number of nitrogens with zero attached hydrogens (tertiary/aromatic N) is 2. The zero-order valence-electron chi connectivity index (χ0n) is 15.8. The second-order valence-corrected chi connectivity index (χ2v) is 7.32. The maximum atomic E-state index is 14.7. The smallest absolute Gasteiger partial charge is 0.250 e. The molecule has 0 spiro atoms. The van der Waals surface area contributed by atoms with Crippen molar-refractivity contribution in [3.05, 3.63) is 109 Å². The largest absolute Gasteiger partial charge is 0.392 e. The van der Waals surface area contributed by atoms with E-state index >= 15 is 0 Å². The van der Waals surface area contributed by atoms with Gasteiger partial charge in [-0.25, -0.2) is 4.39 Å². The SMILES string of the molecule is Cn1cc(C(CC(c2ccc(CO)cc2)c2ccc(Cl)cc2F)N=O)ccc1=O. The van der Waals surface area contributed by atoms with E-state index in [2.05, 4.69) is 5.18 Å². The highest BCUT2D eigenvalue weighted by molar-refractivity contribution is 6.30. The Hall–Kier alpha value is -2.83. The minimum atomic E-state index is -0.778.